The zero-order chi connectivity index (χ0) is 28.1. The molecule has 0 aliphatic carbocycles. The summed E-state index contributed by atoms with van der Waals surface area (Å²) in [5.74, 6) is 0.449. The highest BCUT2D eigenvalue weighted by molar-refractivity contribution is 7.92. The third kappa shape index (κ3) is 5.17. The Balaban J connectivity index is 1.76. The van der Waals surface area contributed by atoms with E-state index in [1.165, 1.54) is 28.0 Å². The lowest BCUT2D eigenvalue weighted by Gasteiger charge is -2.18. The molecule has 3 heterocycles. The molecule has 0 bridgehead atoms. The minimum atomic E-state index is -3.55. The SMILES string of the molecule is CCS(=O)(=O)Nc1ccc(Oc2c(C)cc(F)cc2C)c(-c2cn(C)c(=O)c3cc(-n4cc(C)nn4)sc23)c1. The van der Waals surface area contributed by atoms with Crippen molar-refractivity contribution in [2.45, 2.75) is 27.7 Å². The normalized spacial score (nSPS) is 11.7. The summed E-state index contributed by atoms with van der Waals surface area (Å²) in [5.41, 5.74) is 3.32. The minimum absolute atomic E-state index is 0.0930. The molecule has 0 fully saturated rings. The van der Waals surface area contributed by atoms with Gasteiger partial charge in [0, 0.05) is 30.1 Å². The molecule has 12 heteroatoms. The lowest BCUT2D eigenvalue weighted by Crippen LogP contribution is -2.16. The number of nitrogens with one attached hydrogen (secondary N) is 1. The Morgan fingerprint density at radius 2 is 1.77 bits per heavy atom. The van der Waals surface area contributed by atoms with Crippen molar-refractivity contribution in [1.29, 1.82) is 0 Å². The zero-order valence-corrected chi connectivity index (χ0v) is 23.6. The summed E-state index contributed by atoms with van der Waals surface area (Å²) >= 11 is 1.36. The van der Waals surface area contributed by atoms with Gasteiger partial charge in [-0.1, -0.05) is 5.21 Å². The maximum Gasteiger partial charge on any atom is 0.259 e. The van der Waals surface area contributed by atoms with Gasteiger partial charge in [0.05, 0.1) is 27.7 Å². The van der Waals surface area contributed by atoms with Crippen molar-refractivity contribution >= 4 is 37.1 Å². The Labute approximate surface area is 228 Å². The molecule has 0 saturated heterocycles. The van der Waals surface area contributed by atoms with Crippen molar-refractivity contribution in [3.8, 4) is 27.6 Å². The van der Waals surface area contributed by atoms with E-state index >= 15 is 0 Å². The summed E-state index contributed by atoms with van der Waals surface area (Å²) in [6.45, 7) is 6.89. The van der Waals surface area contributed by atoms with Crippen LogP contribution in [0.4, 0.5) is 10.1 Å². The topological polar surface area (TPSA) is 108 Å². The molecular weight excluding hydrogens is 541 g/mol. The zero-order valence-electron chi connectivity index (χ0n) is 21.9. The van der Waals surface area contributed by atoms with Crippen molar-refractivity contribution < 1.29 is 17.5 Å². The first kappa shape index (κ1) is 26.6. The lowest BCUT2D eigenvalue weighted by molar-refractivity contribution is 0.474. The monoisotopic (exact) mass is 567 g/mol. The molecule has 202 valence electrons. The van der Waals surface area contributed by atoms with Crippen LogP contribution in [0.25, 0.3) is 26.2 Å². The second-order valence-corrected chi connectivity index (χ2v) is 12.3. The standard InChI is InChI=1S/C27H26FN5O4S2/c1-6-39(35,36)30-19-7-8-23(37-25-15(2)9-18(28)10-16(25)3)20(11-19)22-14-32(5)27(34)21-12-24(38-26(21)22)33-13-17(4)29-31-33/h7-14,30H,6H2,1-5H3. The predicted octanol–water partition coefficient (Wildman–Crippen LogP) is 5.47. The van der Waals surface area contributed by atoms with E-state index in [0.717, 1.165) is 5.69 Å². The Morgan fingerprint density at radius 1 is 1.05 bits per heavy atom. The van der Waals surface area contributed by atoms with Gasteiger partial charge in [-0.15, -0.1) is 16.4 Å². The van der Waals surface area contributed by atoms with Crippen LogP contribution >= 0.6 is 11.3 Å². The number of rotatable bonds is 7. The summed E-state index contributed by atoms with van der Waals surface area (Å²) in [6.07, 6.45) is 3.46. The number of hydrogen-bond donors (Lipinski definition) is 1. The number of aryl methyl sites for hydroxylation is 4. The molecule has 39 heavy (non-hydrogen) atoms. The van der Waals surface area contributed by atoms with Crippen LogP contribution in [-0.4, -0.2) is 33.7 Å². The number of fused-ring (bicyclic) bond motifs is 1. The summed E-state index contributed by atoms with van der Waals surface area (Å²) in [7, 11) is -1.90. The number of sulfonamides is 1. The van der Waals surface area contributed by atoms with Crippen molar-refractivity contribution in [2.75, 3.05) is 10.5 Å². The lowest BCUT2D eigenvalue weighted by atomic mass is 10.0. The molecule has 1 N–H and O–H groups in total. The number of hydrogen-bond acceptors (Lipinski definition) is 7. The summed E-state index contributed by atoms with van der Waals surface area (Å²) in [6, 6.07) is 9.49. The average molecular weight is 568 g/mol. The first-order valence-corrected chi connectivity index (χ1v) is 14.5. The van der Waals surface area contributed by atoms with Gasteiger partial charge in [0.15, 0.2) is 0 Å². The van der Waals surface area contributed by atoms with Crippen LogP contribution < -0.4 is 15.0 Å². The molecule has 2 aromatic carbocycles. The van der Waals surface area contributed by atoms with Gasteiger partial charge in [-0.2, -0.15) is 0 Å². The van der Waals surface area contributed by atoms with Crippen LogP contribution in [0.2, 0.25) is 0 Å². The fourth-order valence-corrected chi connectivity index (χ4v) is 6.04. The number of pyridine rings is 1. The highest BCUT2D eigenvalue weighted by Crippen LogP contribution is 2.42. The van der Waals surface area contributed by atoms with Crippen molar-refractivity contribution in [1.82, 2.24) is 19.6 Å². The Bertz CT molecular complexity index is 1880. The van der Waals surface area contributed by atoms with E-state index in [4.69, 9.17) is 4.74 Å². The fraction of sp³-hybridized carbons (Fsp3) is 0.222. The molecule has 5 rings (SSSR count). The van der Waals surface area contributed by atoms with E-state index in [2.05, 4.69) is 15.0 Å². The Hall–Kier alpha value is -4.03. The van der Waals surface area contributed by atoms with Gasteiger partial charge in [0.1, 0.15) is 22.3 Å². The molecule has 0 radical (unpaired) electrons. The quantitative estimate of drug-likeness (QED) is 0.280. The van der Waals surface area contributed by atoms with Crippen molar-refractivity contribution in [2.24, 2.45) is 7.05 Å². The van der Waals surface area contributed by atoms with Crippen LogP contribution in [0.3, 0.4) is 0 Å². The van der Waals surface area contributed by atoms with Crippen LogP contribution in [0.1, 0.15) is 23.7 Å². The maximum absolute atomic E-state index is 14.0. The minimum Gasteiger partial charge on any atom is -0.456 e. The van der Waals surface area contributed by atoms with Gasteiger partial charge in [0.2, 0.25) is 10.0 Å². The smallest absolute Gasteiger partial charge is 0.259 e. The first-order chi connectivity index (χ1) is 18.5. The first-order valence-electron chi connectivity index (χ1n) is 12.1. The third-order valence-corrected chi connectivity index (χ3v) is 8.70. The Morgan fingerprint density at radius 3 is 2.41 bits per heavy atom. The van der Waals surface area contributed by atoms with E-state index < -0.39 is 10.0 Å². The van der Waals surface area contributed by atoms with E-state index in [-0.39, 0.29) is 17.1 Å². The molecule has 0 unspecified atom stereocenters. The highest BCUT2D eigenvalue weighted by Gasteiger charge is 2.20. The van der Waals surface area contributed by atoms with Crippen molar-refractivity contribution in [3.63, 3.8) is 0 Å². The molecule has 0 aliphatic rings. The number of aromatic nitrogens is 4. The van der Waals surface area contributed by atoms with Crippen LogP contribution in [0.15, 0.2) is 53.6 Å². The molecule has 0 aliphatic heterocycles. The number of thiophene rings is 1. The molecule has 3 aromatic heterocycles. The van der Waals surface area contributed by atoms with Gasteiger partial charge in [-0.3, -0.25) is 9.52 Å². The molecule has 9 nitrogen and oxygen atoms in total. The molecule has 0 amide bonds. The summed E-state index contributed by atoms with van der Waals surface area (Å²) in [5, 5.41) is 9.36. The van der Waals surface area contributed by atoms with Crippen LogP contribution in [-0.2, 0) is 17.1 Å². The van der Waals surface area contributed by atoms with E-state index in [9.17, 15) is 17.6 Å². The van der Waals surface area contributed by atoms with Gasteiger partial charge in [0.25, 0.3) is 5.56 Å². The van der Waals surface area contributed by atoms with Gasteiger partial charge >= 0.3 is 0 Å². The van der Waals surface area contributed by atoms with Crippen molar-refractivity contribution in [3.05, 3.63) is 81.8 Å². The molecule has 0 atom stereocenters. The van der Waals surface area contributed by atoms with Gasteiger partial charge in [-0.25, -0.2) is 17.5 Å². The summed E-state index contributed by atoms with van der Waals surface area (Å²) in [4.78, 5) is 13.1. The summed E-state index contributed by atoms with van der Waals surface area (Å²) < 4.78 is 51.4. The largest absolute Gasteiger partial charge is 0.456 e. The fourth-order valence-electron chi connectivity index (χ4n) is 4.31. The van der Waals surface area contributed by atoms with Crippen LogP contribution in [0, 0.1) is 26.6 Å². The number of anilines is 1. The molecular formula is C27H26FN5O4S2. The Kier molecular flexibility index (Phi) is 6.77. The maximum atomic E-state index is 14.0. The van der Waals surface area contributed by atoms with E-state index in [1.54, 1.807) is 69.2 Å². The molecule has 5 aromatic rings. The molecule has 0 spiro atoms. The highest BCUT2D eigenvalue weighted by atomic mass is 32.2. The second kappa shape index (κ2) is 9.93. The average Bonchev–Trinajstić information content (AvgIpc) is 3.51. The molecule has 0 saturated carbocycles. The second-order valence-electron chi connectivity index (χ2n) is 9.28. The van der Waals surface area contributed by atoms with E-state index in [0.29, 0.717) is 54.5 Å². The predicted molar refractivity (Wildman–Crippen MR) is 151 cm³/mol. The van der Waals surface area contributed by atoms with Gasteiger partial charge in [-0.05, 0) is 75.2 Å². The number of benzene rings is 2. The van der Waals surface area contributed by atoms with Gasteiger partial charge < -0.3 is 9.30 Å². The van der Waals surface area contributed by atoms with Crippen LogP contribution in [0.5, 0.6) is 11.5 Å². The number of ether oxygens (including phenoxy) is 1. The van der Waals surface area contributed by atoms with E-state index in [1.807, 2.05) is 6.92 Å². The number of halogens is 1. The number of nitrogens with zero attached hydrogens (tertiary/aromatic N) is 4. The third-order valence-electron chi connectivity index (χ3n) is 6.23.